The first kappa shape index (κ1) is 11.9. The zero-order valence-corrected chi connectivity index (χ0v) is 10.5. The van der Waals surface area contributed by atoms with E-state index in [-0.39, 0.29) is 5.38 Å². The molecule has 1 heterocycles. The Labute approximate surface area is 94.9 Å². The van der Waals surface area contributed by atoms with Crippen molar-refractivity contribution in [3.05, 3.63) is 10.8 Å². The highest BCUT2D eigenvalue weighted by Crippen LogP contribution is 2.18. The van der Waals surface area contributed by atoms with E-state index in [1.807, 2.05) is 0 Å². The normalized spacial score (nSPS) is 13.5. The van der Waals surface area contributed by atoms with Crippen LogP contribution in [0, 0.1) is 0 Å². The largest absolute Gasteiger partial charge is 0.224 e. The van der Waals surface area contributed by atoms with Crippen LogP contribution < -0.4 is 0 Å². The third kappa shape index (κ3) is 3.54. The van der Waals surface area contributed by atoms with E-state index in [0.717, 1.165) is 30.1 Å². The van der Waals surface area contributed by atoms with Crippen LogP contribution in [0.15, 0.2) is 0 Å². The summed E-state index contributed by atoms with van der Waals surface area (Å²) in [6, 6.07) is 0. The summed E-state index contributed by atoms with van der Waals surface area (Å²) in [5, 5.41) is 1.29. The van der Waals surface area contributed by atoms with Gasteiger partial charge in [0.2, 0.25) is 0 Å². The smallest absolute Gasteiger partial charge is 0.145 e. The van der Waals surface area contributed by atoms with Gasteiger partial charge in [-0.3, -0.25) is 0 Å². The van der Waals surface area contributed by atoms with Crippen molar-refractivity contribution in [3.63, 3.8) is 0 Å². The standard InChI is InChI=1S/C10H17ClN2S/c1-4-5-8(11)6-9-12-10(7(2)3)13-14-9/h7-8H,4-6H2,1-3H3. The van der Waals surface area contributed by atoms with E-state index in [1.54, 1.807) is 0 Å². The van der Waals surface area contributed by atoms with Crippen molar-refractivity contribution in [2.45, 2.75) is 51.3 Å². The lowest BCUT2D eigenvalue weighted by Gasteiger charge is -2.03. The number of aromatic nitrogens is 2. The maximum absolute atomic E-state index is 6.14. The van der Waals surface area contributed by atoms with Gasteiger partial charge in [0, 0.05) is 17.7 Å². The Hall–Kier alpha value is -0.150. The highest BCUT2D eigenvalue weighted by atomic mass is 35.5. The number of rotatable bonds is 5. The van der Waals surface area contributed by atoms with Gasteiger partial charge in [0.1, 0.15) is 10.8 Å². The van der Waals surface area contributed by atoms with E-state index >= 15 is 0 Å². The zero-order valence-electron chi connectivity index (χ0n) is 8.96. The fraction of sp³-hybridized carbons (Fsp3) is 0.800. The molecule has 0 radical (unpaired) electrons. The van der Waals surface area contributed by atoms with Gasteiger partial charge < -0.3 is 0 Å². The number of halogens is 1. The van der Waals surface area contributed by atoms with E-state index in [2.05, 4.69) is 30.1 Å². The summed E-state index contributed by atoms with van der Waals surface area (Å²) in [5.74, 6) is 1.37. The van der Waals surface area contributed by atoms with E-state index in [0.29, 0.717) is 5.92 Å². The van der Waals surface area contributed by atoms with E-state index in [1.165, 1.54) is 11.5 Å². The molecule has 2 nitrogen and oxygen atoms in total. The monoisotopic (exact) mass is 232 g/mol. The molecule has 0 fully saturated rings. The topological polar surface area (TPSA) is 25.8 Å². The molecule has 0 aliphatic heterocycles. The van der Waals surface area contributed by atoms with Crippen LogP contribution in [0.4, 0.5) is 0 Å². The third-order valence-electron chi connectivity index (χ3n) is 2.00. The zero-order chi connectivity index (χ0) is 10.6. The Morgan fingerprint density at radius 3 is 2.64 bits per heavy atom. The van der Waals surface area contributed by atoms with Crippen molar-refractivity contribution >= 4 is 23.1 Å². The van der Waals surface area contributed by atoms with E-state index in [9.17, 15) is 0 Å². The van der Waals surface area contributed by atoms with Crippen LogP contribution >= 0.6 is 23.1 Å². The number of alkyl halides is 1. The minimum Gasteiger partial charge on any atom is -0.224 e. The SMILES string of the molecule is CCCC(Cl)Cc1nc(C(C)C)ns1. The molecule has 1 rings (SSSR count). The minimum atomic E-state index is 0.216. The molecule has 14 heavy (non-hydrogen) atoms. The first-order valence-corrected chi connectivity index (χ1v) is 6.31. The molecule has 0 spiro atoms. The molecule has 1 unspecified atom stereocenters. The van der Waals surface area contributed by atoms with E-state index in [4.69, 9.17) is 11.6 Å². The van der Waals surface area contributed by atoms with Gasteiger partial charge in [-0.2, -0.15) is 4.37 Å². The predicted octanol–water partition coefficient (Wildman–Crippen LogP) is 3.61. The summed E-state index contributed by atoms with van der Waals surface area (Å²) in [4.78, 5) is 4.45. The van der Waals surface area contributed by atoms with Gasteiger partial charge in [-0.15, -0.1) is 11.6 Å². The Bertz CT molecular complexity index is 273. The third-order valence-corrected chi connectivity index (χ3v) is 3.12. The van der Waals surface area contributed by atoms with Crippen LogP contribution in [0.2, 0.25) is 0 Å². The molecule has 0 saturated heterocycles. The van der Waals surface area contributed by atoms with Crippen LogP contribution in [0.5, 0.6) is 0 Å². The highest BCUT2D eigenvalue weighted by molar-refractivity contribution is 7.05. The summed E-state index contributed by atoms with van der Waals surface area (Å²) < 4.78 is 4.30. The summed E-state index contributed by atoms with van der Waals surface area (Å²) in [6.07, 6.45) is 3.04. The lowest BCUT2D eigenvalue weighted by atomic mass is 10.2. The van der Waals surface area contributed by atoms with Crippen LogP contribution in [-0.2, 0) is 6.42 Å². The average molecular weight is 233 g/mol. The number of hydrogen-bond acceptors (Lipinski definition) is 3. The molecule has 1 atom stereocenters. The molecule has 80 valence electrons. The molecule has 0 aliphatic carbocycles. The molecular formula is C10H17ClN2S. The molecule has 4 heteroatoms. The Kier molecular flexibility index (Phi) is 4.82. The molecule has 1 aromatic rings. The molecule has 1 aromatic heterocycles. The van der Waals surface area contributed by atoms with Crippen LogP contribution in [0.3, 0.4) is 0 Å². The van der Waals surface area contributed by atoms with Gasteiger partial charge in [0.05, 0.1) is 0 Å². The molecule has 0 aromatic carbocycles. The van der Waals surface area contributed by atoms with Crippen LogP contribution in [0.1, 0.15) is 50.4 Å². The van der Waals surface area contributed by atoms with Gasteiger partial charge in [-0.05, 0) is 18.0 Å². The fourth-order valence-corrected chi connectivity index (χ4v) is 2.51. The van der Waals surface area contributed by atoms with Crippen molar-refractivity contribution in [1.29, 1.82) is 0 Å². The first-order chi connectivity index (χ1) is 6.63. The second-order valence-corrected chi connectivity index (χ2v) is 5.24. The van der Waals surface area contributed by atoms with Crippen molar-refractivity contribution in [2.24, 2.45) is 0 Å². The van der Waals surface area contributed by atoms with Crippen LogP contribution in [0.25, 0.3) is 0 Å². The average Bonchev–Trinajstić information content (AvgIpc) is 2.53. The molecule has 0 N–H and O–H groups in total. The maximum Gasteiger partial charge on any atom is 0.145 e. The fourth-order valence-electron chi connectivity index (χ4n) is 1.19. The van der Waals surface area contributed by atoms with Crippen molar-refractivity contribution in [2.75, 3.05) is 0 Å². The Morgan fingerprint density at radius 1 is 1.43 bits per heavy atom. The second kappa shape index (κ2) is 5.66. The molecule has 0 bridgehead atoms. The number of nitrogens with zero attached hydrogens (tertiary/aromatic N) is 2. The van der Waals surface area contributed by atoms with Gasteiger partial charge in [0.15, 0.2) is 0 Å². The minimum absolute atomic E-state index is 0.216. The van der Waals surface area contributed by atoms with Crippen molar-refractivity contribution in [3.8, 4) is 0 Å². The van der Waals surface area contributed by atoms with E-state index < -0.39 is 0 Å². The Morgan fingerprint density at radius 2 is 2.14 bits per heavy atom. The summed E-state index contributed by atoms with van der Waals surface area (Å²) in [6.45, 7) is 6.36. The molecule has 0 saturated carbocycles. The lowest BCUT2D eigenvalue weighted by Crippen LogP contribution is -2.02. The lowest BCUT2D eigenvalue weighted by molar-refractivity contribution is 0.716. The molecular weight excluding hydrogens is 216 g/mol. The van der Waals surface area contributed by atoms with Gasteiger partial charge in [-0.1, -0.05) is 27.2 Å². The van der Waals surface area contributed by atoms with Crippen molar-refractivity contribution in [1.82, 2.24) is 9.36 Å². The van der Waals surface area contributed by atoms with Crippen LogP contribution in [-0.4, -0.2) is 14.7 Å². The van der Waals surface area contributed by atoms with Crippen molar-refractivity contribution < 1.29 is 0 Å². The first-order valence-electron chi connectivity index (χ1n) is 5.10. The Balaban J connectivity index is 2.51. The second-order valence-electron chi connectivity index (χ2n) is 3.79. The predicted molar refractivity (Wildman–Crippen MR) is 62.3 cm³/mol. The van der Waals surface area contributed by atoms with Gasteiger partial charge >= 0.3 is 0 Å². The summed E-state index contributed by atoms with van der Waals surface area (Å²) in [5.41, 5.74) is 0. The number of hydrogen-bond donors (Lipinski definition) is 0. The summed E-state index contributed by atoms with van der Waals surface area (Å²) in [7, 11) is 0. The van der Waals surface area contributed by atoms with Gasteiger partial charge in [-0.25, -0.2) is 4.98 Å². The quantitative estimate of drug-likeness (QED) is 0.725. The highest BCUT2D eigenvalue weighted by Gasteiger charge is 2.11. The maximum atomic E-state index is 6.14. The van der Waals surface area contributed by atoms with Gasteiger partial charge in [0.25, 0.3) is 0 Å². The molecule has 0 aliphatic rings. The summed E-state index contributed by atoms with van der Waals surface area (Å²) >= 11 is 7.63. The molecule has 0 amide bonds.